The quantitative estimate of drug-likeness (QED) is 0.0449. The monoisotopic (exact) mass is 1100 g/mol. The number of imidazole rings is 1. The number of nitrogens with zero attached hydrogens (tertiary/aromatic N) is 7. The molecule has 9 rings (SSSR count). The van der Waals surface area contributed by atoms with E-state index in [0.29, 0.717) is 5.56 Å². The Morgan fingerprint density at radius 3 is 2.44 bits per heavy atom. The van der Waals surface area contributed by atoms with Gasteiger partial charge in [0, 0.05) is 16.3 Å². The molecule has 5 aromatic rings. The second-order valence-electron chi connectivity index (χ2n) is 19.4. The first-order valence-electron chi connectivity index (χ1n) is 23.8. The molecule has 0 saturated carbocycles. The summed E-state index contributed by atoms with van der Waals surface area (Å²) < 4.78 is 98.5. The van der Waals surface area contributed by atoms with E-state index in [1.165, 1.54) is 21.8 Å². The van der Waals surface area contributed by atoms with Gasteiger partial charge in [-0.15, -0.1) is 9.42 Å². The van der Waals surface area contributed by atoms with Crippen LogP contribution >= 0.6 is 15.0 Å². The van der Waals surface area contributed by atoms with Crippen molar-refractivity contribution in [2.45, 2.75) is 133 Å². The number of aromatic nitrogens is 7. The SMILES string of the molecule is CC(C)[Si]1(C(C)C)OC[C@H]2O[C@@H](n3cc(F)c4c(=O)[nH]cnc43)[C@H](OP(=S)(OCCC#N)OC[C@@]34CO[C@@H]([C@H](n5cnc6c(NC(=O)c7ccccc7)ncnc65)O3)[C@@H]4O[P+](=O)O)[C@@H]2O[Si](C(C)C)(C(C)C)O1. The van der Waals surface area contributed by atoms with Crippen LogP contribution in [0.2, 0.25) is 22.2 Å². The van der Waals surface area contributed by atoms with Crippen molar-refractivity contribution in [2.75, 3.05) is 31.7 Å². The lowest BCUT2D eigenvalue weighted by atomic mass is 10.0. The molecule has 392 valence electrons. The highest BCUT2D eigenvalue weighted by molar-refractivity contribution is 8.07. The standard InChI is InChI=1S/C44H56FN9O14P2SSi2/c1-24(2)72(25(3)4)62-18-30-33(67-73(68-72,26(5)6)27(7)8)34(42(63-30)53-17-29(45)31-38(53)48-22-50-41(31)56)66-70(71,60-16-12-15-46)61-20-44-19-59-35(36(44)65-69(57)58)43(64-44)54-23-51-32-37(47-21-49-39(32)54)52-40(55)28-13-10-9-11-14-28/h9-11,13-14,17,21-27,30,33-36,42-43H,12,16,18-20H2,1-8H3,(H2-,47,48,49,50,52,55,56,57,58)/p+1/t30-,33-,34-,35-,36+,42-,43-,44-,70?/m1/s1. The summed E-state index contributed by atoms with van der Waals surface area (Å²) >= 11 is 6.24. The number of ether oxygens (including phenoxy) is 3. The molecule has 2 bridgehead atoms. The molecule has 4 aliphatic rings. The van der Waals surface area contributed by atoms with Crippen molar-refractivity contribution < 1.29 is 63.9 Å². The van der Waals surface area contributed by atoms with Crippen LogP contribution in [0.3, 0.4) is 0 Å². The lowest BCUT2D eigenvalue weighted by Crippen LogP contribution is -2.65. The molecular formula is C44H57FN9O14P2SSi2+. The molecule has 29 heteroatoms. The number of benzene rings is 1. The zero-order chi connectivity index (χ0) is 52.2. The van der Waals surface area contributed by atoms with Gasteiger partial charge in [-0.05, 0) is 46.1 Å². The summed E-state index contributed by atoms with van der Waals surface area (Å²) in [6.45, 7) is 11.3. The number of H-pyrrole nitrogens is 1. The van der Waals surface area contributed by atoms with Crippen molar-refractivity contribution in [3.63, 3.8) is 0 Å². The first-order valence-corrected chi connectivity index (χ1v) is 31.4. The number of amides is 1. The van der Waals surface area contributed by atoms with Crippen molar-refractivity contribution in [1.82, 2.24) is 34.1 Å². The van der Waals surface area contributed by atoms with Crippen molar-refractivity contribution in [3.05, 3.63) is 77.2 Å². The van der Waals surface area contributed by atoms with E-state index >= 15 is 4.39 Å². The molecule has 8 heterocycles. The van der Waals surface area contributed by atoms with Gasteiger partial charge in [0.2, 0.25) is 0 Å². The Morgan fingerprint density at radius 2 is 1.75 bits per heavy atom. The van der Waals surface area contributed by atoms with E-state index in [2.05, 4.69) is 57.9 Å². The minimum Gasteiger partial charge on any atom is -0.414 e. The maximum absolute atomic E-state index is 15.9. The number of hydrogen-bond donors (Lipinski definition) is 3. The summed E-state index contributed by atoms with van der Waals surface area (Å²) in [6.07, 6.45) is -3.23. The Balaban J connectivity index is 1.08. The smallest absolute Gasteiger partial charge is 0.414 e. The summed E-state index contributed by atoms with van der Waals surface area (Å²) in [4.78, 5) is 56.3. The molecule has 0 spiro atoms. The highest BCUT2D eigenvalue weighted by Gasteiger charge is 2.68. The van der Waals surface area contributed by atoms with E-state index in [1.54, 1.807) is 30.3 Å². The van der Waals surface area contributed by atoms with E-state index in [0.717, 1.165) is 12.5 Å². The molecule has 3 N–H and O–H groups in total. The number of anilines is 1. The minimum atomic E-state index is -4.21. The number of halogens is 1. The Morgan fingerprint density at radius 1 is 1.03 bits per heavy atom. The van der Waals surface area contributed by atoms with Crippen LogP contribution in [0.1, 0.15) is 84.6 Å². The van der Waals surface area contributed by atoms with Crippen molar-refractivity contribution >= 4 is 77.8 Å². The first-order chi connectivity index (χ1) is 34.8. The molecule has 23 nitrogen and oxygen atoms in total. The number of nitriles is 1. The molecule has 4 aromatic heterocycles. The average molecular weight is 1110 g/mol. The van der Waals surface area contributed by atoms with Gasteiger partial charge < -0.3 is 51.1 Å². The Labute approximate surface area is 427 Å². The zero-order valence-corrected chi connectivity index (χ0v) is 45.8. The number of nitrogens with one attached hydrogen (secondary N) is 2. The van der Waals surface area contributed by atoms with E-state index in [4.69, 9.17) is 57.1 Å². The van der Waals surface area contributed by atoms with Gasteiger partial charge in [-0.2, -0.15) is 5.26 Å². The molecule has 0 radical (unpaired) electrons. The predicted molar refractivity (Wildman–Crippen MR) is 266 cm³/mol. The van der Waals surface area contributed by atoms with Crippen LogP contribution in [-0.2, 0) is 61.6 Å². The number of aromatic amines is 1. The molecule has 10 atom stereocenters. The van der Waals surface area contributed by atoms with Gasteiger partial charge in [0.05, 0.1) is 51.6 Å². The van der Waals surface area contributed by atoms with Gasteiger partial charge in [0.25, 0.3) is 11.5 Å². The fourth-order valence-corrected chi connectivity index (χ4v) is 24.0. The van der Waals surface area contributed by atoms with Crippen LogP contribution in [0.5, 0.6) is 0 Å². The van der Waals surface area contributed by atoms with Crippen LogP contribution in [0, 0.1) is 17.1 Å². The van der Waals surface area contributed by atoms with Gasteiger partial charge >= 0.3 is 32.1 Å². The molecule has 1 aromatic carbocycles. The van der Waals surface area contributed by atoms with Crippen LogP contribution in [0.25, 0.3) is 22.2 Å². The molecule has 1 amide bonds. The van der Waals surface area contributed by atoms with Crippen molar-refractivity contribution in [1.29, 1.82) is 5.26 Å². The zero-order valence-electron chi connectivity index (χ0n) is 41.1. The molecule has 73 heavy (non-hydrogen) atoms. The first kappa shape index (κ1) is 53.6. The molecule has 4 fully saturated rings. The Kier molecular flexibility index (Phi) is 15.5. The maximum atomic E-state index is 15.9. The van der Waals surface area contributed by atoms with Gasteiger partial charge in [-0.3, -0.25) is 18.7 Å². The fraction of sp³-hybridized carbons (Fsp3) is 0.568. The van der Waals surface area contributed by atoms with Crippen LogP contribution in [0.15, 0.2) is 60.3 Å². The highest BCUT2D eigenvalue weighted by atomic mass is 32.5. The second-order valence-corrected chi connectivity index (χ2v) is 31.9. The Hall–Kier alpha value is -4.18. The van der Waals surface area contributed by atoms with E-state index in [1.807, 2.05) is 33.8 Å². The normalized spacial score (nSPS) is 27.6. The van der Waals surface area contributed by atoms with Crippen LogP contribution in [-0.4, -0.2) is 125 Å². The van der Waals surface area contributed by atoms with E-state index in [9.17, 15) is 24.3 Å². The van der Waals surface area contributed by atoms with Crippen molar-refractivity contribution in [2.24, 2.45) is 0 Å². The predicted octanol–water partition coefficient (Wildman–Crippen LogP) is 7.07. The third-order valence-corrected chi connectivity index (χ3v) is 26.7. The third-order valence-electron chi connectivity index (χ3n) is 13.7. The van der Waals surface area contributed by atoms with Gasteiger partial charge in [0.1, 0.15) is 36.1 Å². The molecule has 2 unspecified atom stereocenters. The average Bonchev–Trinajstić information content (AvgIpc) is 4.15. The summed E-state index contributed by atoms with van der Waals surface area (Å²) in [5.41, 5.74) is -1.94. The highest BCUT2D eigenvalue weighted by Crippen LogP contribution is 2.59. The maximum Gasteiger partial charge on any atom is 0.695 e. The van der Waals surface area contributed by atoms with Crippen LogP contribution in [0.4, 0.5) is 10.2 Å². The number of fused-ring (bicyclic) bond motifs is 5. The number of carbonyl (C=O) groups is 1. The summed E-state index contributed by atoms with van der Waals surface area (Å²) in [6, 6.07) is 10.6. The summed E-state index contributed by atoms with van der Waals surface area (Å²) in [5, 5.41) is 12.1. The largest absolute Gasteiger partial charge is 0.695 e. The lowest BCUT2D eigenvalue weighted by molar-refractivity contribution is -0.183. The van der Waals surface area contributed by atoms with E-state index < -0.39 is 105 Å². The topological polar surface area (TPSA) is 277 Å². The molecule has 4 aliphatic heterocycles. The number of rotatable bonds is 18. The molecular weight excluding hydrogens is 1050 g/mol. The van der Waals surface area contributed by atoms with Crippen molar-refractivity contribution in [3.8, 4) is 6.07 Å². The second kappa shape index (κ2) is 21.1. The number of carbonyl (C=O) groups excluding carboxylic acids is 1. The van der Waals surface area contributed by atoms with Gasteiger partial charge in [-0.1, -0.05) is 73.6 Å². The minimum absolute atomic E-state index is 0.00796. The molecule has 0 aliphatic carbocycles. The Bertz CT molecular complexity index is 3010. The summed E-state index contributed by atoms with van der Waals surface area (Å²) in [7, 11) is -9.79. The van der Waals surface area contributed by atoms with Gasteiger partial charge in [-0.25, -0.2) is 24.3 Å². The van der Waals surface area contributed by atoms with E-state index in [-0.39, 0.29) is 76.4 Å². The van der Waals surface area contributed by atoms with Gasteiger partial charge in [0.15, 0.2) is 52.6 Å². The number of hydrogen-bond acceptors (Lipinski definition) is 19. The third kappa shape index (κ3) is 9.84. The fourth-order valence-electron chi connectivity index (χ4n) is 10.2. The lowest BCUT2D eigenvalue weighted by Gasteiger charge is -2.51. The van der Waals surface area contributed by atoms with Crippen LogP contribution < -0.4 is 10.9 Å². The summed E-state index contributed by atoms with van der Waals surface area (Å²) in [5.74, 6) is -1.20. The molecule has 4 saturated heterocycles.